The van der Waals surface area contributed by atoms with Gasteiger partial charge in [-0.3, -0.25) is 11.3 Å². The van der Waals surface area contributed by atoms with Crippen LogP contribution in [0.4, 0.5) is 4.39 Å². The van der Waals surface area contributed by atoms with Gasteiger partial charge >= 0.3 is 0 Å². The second-order valence-electron chi connectivity index (χ2n) is 4.63. The lowest BCUT2D eigenvalue weighted by atomic mass is 9.98. The summed E-state index contributed by atoms with van der Waals surface area (Å²) in [6.45, 7) is 4.13. The molecule has 0 aliphatic heterocycles. The molecule has 1 rings (SSSR count). The maximum absolute atomic E-state index is 13.0. The maximum Gasteiger partial charge on any atom is 0.123 e. The van der Waals surface area contributed by atoms with Gasteiger partial charge in [0.15, 0.2) is 0 Å². The van der Waals surface area contributed by atoms with Gasteiger partial charge in [0.05, 0.1) is 0 Å². The molecule has 3 N–H and O–H groups in total. The number of nitrogens with two attached hydrogens (primary N) is 1. The van der Waals surface area contributed by atoms with Crippen LogP contribution in [-0.2, 0) is 6.42 Å². The molecule has 96 valence electrons. The van der Waals surface area contributed by atoms with Gasteiger partial charge in [0.25, 0.3) is 0 Å². The fraction of sp³-hybridized carbons (Fsp3) is 0.571. The highest BCUT2D eigenvalue weighted by molar-refractivity contribution is 5.27. The van der Waals surface area contributed by atoms with Crippen LogP contribution in [-0.4, -0.2) is 6.04 Å². The third-order valence-electron chi connectivity index (χ3n) is 3.16. The number of benzene rings is 1. The quantitative estimate of drug-likeness (QED) is 0.435. The molecule has 1 aromatic carbocycles. The third-order valence-corrected chi connectivity index (χ3v) is 3.16. The normalized spacial score (nSPS) is 12.7. The van der Waals surface area contributed by atoms with Crippen molar-refractivity contribution in [3.05, 3.63) is 35.1 Å². The molecule has 0 spiro atoms. The highest BCUT2D eigenvalue weighted by Crippen LogP contribution is 2.14. The van der Waals surface area contributed by atoms with E-state index in [0.29, 0.717) is 0 Å². The largest absolute Gasteiger partial charge is 0.271 e. The van der Waals surface area contributed by atoms with Crippen LogP contribution in [0, 0.1) is 12.7 Å². The Kier molecular flexibility index (Phi) is 6.16. The van der Waals surface area contributed by atoms with Gasteiger partial charge in [-0.1, -0.05) is 32.3 Å². The van der Waals surface area contributed by atoms with Gasteiger partial charge in [-0.15, -0.1) is 0 Å². The molecule has 0 heterocycles. The molecule has 0 aliphatic rings. The van der Waals surface area contributed by atoms with Crippen molar-refractivity contribution in [2.75, 3.05) is 0 Å². The van der Waals surface area contributed by atoms with Gasteiger partial charge in [-0.25, -0.2) is 4.39 Å². The van der Waals surface area contributed by atoms with Crippen molar-refractivity contribution in [3.63, 3.8) is 0 Å². The first kappa shape index (κ1) is 14.1. The van der Waals surface area contributed by atoms with E-state index in [-0.39, 0.29) is 11.9 Å². The minimum atomic E-state index is -0.172. The van der Waals surface area contributed by atoms with Crippen molar-refractivity contribution in [2.45, 2.75) is 52.0 Å². The third kappa shape index (κ3) is 4.84. The number of rotatable bonds is 7. The Hall–Kier alpha value is -0.930. The first-order valence-electron chi connectivity index (χ1n) is 6.38. The molecule has 1 atom stereocenters. The first-order valence-corrected chi connectivity index (χ1v) is 6.38. The van der Waals surface area contributed by atoms with E-state index in [1.165, 1.54) is 30.9 Å². The van der Waals surface area contributed by atoms with E-state index in [9.17, 15) is 4.39 Å². The highest BCUT2D eigenvalue weighted by Gasteiger charge is 2.09. The zero-order chi connectivity index (χ0) is 12.7. The summed E-state index contributed by atoms with van der Waals surface area (Å²) in [4.78, 5) is 0. The monoisotopic (exact) mass is 238 g/mol. The Bertz CT molecular complexity index is 339. The predicted octanol–water partition coefficient (Wildman–Crippen LogP) is 3.09. The Morgan fingerprint density at radius 3 is 2.71 bits per heavy atom. The summed E-state index contributed by atoms with van der Waals surface area (Å²) in [5, 5.41) is 0. The summed E-state index contributed by atoms with van der Waals surface area (Å²) in [7, 11) is 0. The second-order valence-corrected chi connectivity index (χ2v) is 4.63. The van der Waals surface area contributed by atoms with Crippen LogP contribution in [0.15, 0.2) is 18.2 Å². The molecular weight excluding hydrogens is 215 g/mol. The lowest BCUT2D eigenvalue weighted by Crippen LogP contribution is -2.36. The zero-order valence-electron chi connectivity index (χ0n) is 10.8. The molecular formula is C14H23FN2. The standard InChI is InChI=1S/C14H23FN2/c1-3-4-5-6-14(17-16)10-12-7-8-13(15)9-11(12)2/h7-9,14,17H,3-6,10,16H2,1-2H3. The molecule has 3 heteroatoms. The number of nitrogens with one attached hydrogen (secondary N) is 1. The minimum absolute atomic E-state index is 0.172. The van der Waals surface area contributed by atoms with Crippen molar-refractivity contribution >= 4 is 0 Å². The van der Waals surface area contributed by atoms with Gasteiger partial charge in [0.2, 0.25) is 0 Å². The van der Waals surface area contributed by atoms with Gasteiger partial charge < -0.3 is 0 Å². The summed E-state index contributed by atoms with van der Waals surface area (Å²) in [5.41, 5.74) is 5.03. The average Bonchev–Trinajstić information content (AvgIpc) is 2.31. The first-order chi connectivity index (χ1) is 8.17. The highest BCUT2D eigenvalue weighted by atomic mass is 19.1. The van der Waals surface area contributed by atoms with Crippen LogP contribution in [0.5, 0.6) is 0 Å². The number of hydrazine groups is 1. The number of hydrogen-bond donors (Lipinski definition) is 2. The van der Waals surface area contributed by atoms with Crippen molar-refractivity contribution in [3.8, 4) is 0 Å². The Morgan fingerprint density at radius 2 is 2.12 bits per heavy atom. The molecule has 0 aliphatic carbocycles. The smallest absolute Gasteiger partial charge is 0.123 e. The van der Waals surface area contributed by atoms with E-state index in [1.54, 1.807) is 6.07 Å². The van der Waals surface area contributed by atoms with E-state index in [2.05, 4.69) is 12.3 Å². The molecule has 0 bridgehead atoms. The van der Waals surface area contributed by atoms with Gasteiger partial charge in [-0.2, -0.15) is 0 Å². The number of hydrogen-bond acceptors (Lipinski definition) is 2. The van der Waals surface area contributed by atoms with E-state index in [0.717, 1.165) is 18.4 Å². The molecule has 1 unspecified atom stereocenters. The van der Waals surface area contributed by atoms with Crippen LogP contribution in [0.25, 0.3) is 0 Å². The molecule has 0 fully saturated rings. The summed E-state index contributed by atoms with van der Waals surface area (Å²) in [6, 6.07) is 5.23. The van der Waals surface area contributed by atoms with E-state index < -0.39 is 0 Å². The molecule has 2 nitrogen and oxygen atoms in total. The molecule has 0 saturated heterocycles. The summed E-state index contributed by atoms with van der Waals surface area (Å²) in [6.07, 6.45) is 5.58. The Morgan fingerprint density at radius 1 is 1.35 bits per heavy atom. The summed E-state index contributed by atoms with van der Waals surface area (Å²) >= 11 is 0. The molecule has 1 aromatic rings. The van der Waals surface area contributed by atoms with Crippen LogP contribution >= 0.6 is 0 Å². The van der Waals surface area contributed by atoms with Gasteiger partial charge in [0, 0.05) is 6.04 Å². The lowest BCUT2D eigenvalue weighted by Gasteiger charge is -2.17. The van der Waals surface area contributed by atoms with Gasteiger partial charge in [-0.05, 0) is 43.0 Å². The fourth-order valence-electron chi connectivity index (χ4n) is 2.04. The van der Waals surface area contributed by atoms with E-state index >= 15 is 0 Å². The molecule has 0 aromatic heterocycles. The lowest BCUT2D eigenvalue weighted by molar-refractivity contribution is 0.466. The number of halogens is 1. The van der Waals surface area contributed by atoms with Crippen LogP contribution < -0.4 is 11.3 Å². The Labute approximate surface area is 103 Å². The summed E-state index contributed by atoms with van der Waals surface area (Å²) < 4.78 is 13.0. The SMILES string of the molecule is CCCCCC(Cc1ccc(F)cc1C)NN. The van der Waals surface area contributed by atoms with Crippen LogP contribution in [0.3, 0.4) is 0 Å². The van der Waals surface area contributed by atoms with Crippen molar-refractivity contribution in [1.29, 1.82) is 0 Å². The predicted molar refractivity (Wildman–Crippen MR) is 70.1 cm³/mol. The fourth-order valence-corrected chi connectivity index (χ4v) is 2.04. The zero-order valence-corrected chi connectivity index (χ0v) is 10.8. The van der Waals surface area contributed by atoms with Crippen molar-refractivity contribution < 1.29 is 4.39 Å². The number of aryl methyl sites for hydroxylation is 1. The molecule has 17 heavy (non-hydrogen) atoms. The average molecular weight is 238 g/mol. The van der Waals surface area contributed by atoms with Crippen LogP contribution in [0.1, 0.15) is 43.7 Å². The van der Waals surface area contributed by atoms with Gasteiger partial charge in [0.1, 0.15) is 5.82 Å². The minimum Gasteiger partial charge on any atom is -0.271 e. The Balaban J connectivity index is 2.54. The summed E-state index contributed by atoms with van der Waals surface area (Å²) in [5.74, 6) is 5.39. The molecule has 0 amide bonds. The van der Waals surface area contributed by atoms with Crippen LogP contribution in [0.2, 0.25) is 0 Å². The van der Waals surface area contributed by atoms with Crippen molar-refractivity contribution in [1.82, 2.24) is 5.43 Å². The van der Waals surface area contributed by atoms with Crippen molar-refractivity contribution in [2.24, 2.45) is 5.84 Å². The topological polar surface area (TPSA) is 38.0 Å². The van der Waals surface area contributed by atoms with E-state index in [1.807, 2.05) is 13.0 Å². The second kappa shape index (κ2) is 7.41. The maximum atomic E-state index is 13.0. The molecule has 0 radical (unpaired) electrons. The van der Waals surface area contributed by atoms with E-state index in [4.69, 9.17) is 5.84 Å². The number of unbranched alkanes of at least 4 members (excludes halogenated alkanes) is 2. The molecule has 0 saturated carbocycles.